The summed E-state index contributed by atoms with van der Waals surface area (Å²) in [5, 5.41) is 3.05. The summed E-state index contributed by atoms with van der Waals surface area (Å²) in [6.07, 6.45) is 15.6. The molecule has 0 bridgehead atoms. The zero-order valence-electron chi connectivity index (χ0n) is 15.5. The number of hydrogen-bond donors (Lipinski definition) is 1. The van der Waals surface area contributed by atoms with Gasteiger partial charge in [0.1, 0.15) is 0 Å². The van der Waals surface area contributed by atoms with Crippen molar-refractivity contribution in [3.05, 3.63) is 0 Å². The lowest BCUT2D eigenvalue weighted by molar-refractivity contribution is -0.147. The Bertz CT molecular complexity index is 377. The molecule has 2 aliphatic rings. The Morgan fingerprint density at radius 3 is 1.71 bits per heavy atom. The van der Waals surface area contributed by atoms with Gasteiger partial charge in [0.2, 0.25) is 0 Å². The van der Waals surface area contributed by atoms with E-state index in [1.165, 1.54) is 57.8 Å². The van der Waals surface area contributed by atoms with Crippen LogP contribution in [0.15, 0.2) is 0 Å². The zero-order chi connectivity index (χ0) is 17.2. The Kier molecular flexibility index (Phi) is 8.62. The van der Waals surface area contributed by atoms with Crippen molar-refractivity contribution in [1.82, 2.24) is 10.2 Å². The van der Waals surface area contributed by atoms with E-state index >= 15 is 0 Å². The van der Waals surface area contributed by atoms with Gasteiger partial charge in [0, 0.05) is 19.1 Å². The molecule has 0 spiro atoms. The average Bonchev–Trinajstić information content (AvgIpc) is 2.57. The van der Waals surface area contributed by atoms with E-state index in [-0.39, 0.29) is 17.9 Å². The maximum Gasteiger partial charge on any atom is 0.311 e. The summed E-state index contributed by atoms with van der Waals surface area (Å²) in [5.74, 6) is -0.0157. The zero-order valence-corrected chi connectivity index (χ0v) is 15.5. The first-order valence-corrected chi connectivity index (χ1v) is 10.3. The summed E-state index contributed by atoms with van der Waals surface area (Å²) in [6, 6.07) is 0.185. The van der Waals surface area contributed by atoms with E-state index in [9.17, 15) is 9.59 Å². The lowest BCUT2D eigenvalue weighted by Crippen LogP contribution is -2.48. The molecule has 0 aromatic carbocycles. The van der Waals surface area contributed by atoms with Gasteiger partial charge in [-0.25, -0.2) is 0 Å². The van der Waals surface area contributed by atoms with Crippen LogP contribution >= 0.6 is 0 Å². The molecule has 1 saturated heterocycles. The molecule has 1 aliphatic carbocycles. The molecule has 2 rings (SSSR count). The van der Waals surface area contributed by atoms with Gasteiger partial charge >= 0.3 is 11.8 Å². The molecule has 1 aliphatic heterocycles. The second-order valence-electron chi connectivity index (χ2n) is 7.90. The Morgan fingerprint density at radius 2 is 1.21 bits per heavy atom. The molecule has 0 atom stereocenters. The number of likely N-dealkylation sites (tertiary alicyclic amines) is 1. The van der Waals surface area contributed by atoms with Crippen molar-refractivity contribution < 1.29 is 9.59 Å². The summed E-state index contributed by atoms with van der Waals surface area (Å²) in [4.78, 5) is 26.5. The molecule has 1 saturated carbocycles. The van der Waals surface area contributed by atoms with Crippen LogP contribution in [-0.4, -0.2) is 35.8 Å². The first-order valence-electron chi connectivity index (χ1n) is 10.3. The molecule has 4 heteroatoms. The minimum absolute atomic E-state index is 0.185. The molecule has 0 unspecified atom stereocenters. The molecule has 1 heterocycles. The number of nitrogens with zero attached hydrogens (tertiary/aromatic N) is 1. The van der Waals surface area contributed by atoms with E-state index in [4.69, 9.17) is 0 Å². The highest BCUT2D eigenvalue weighted by Gasteiger charge is 2.26. The smallest absolute Gasteiger partial charge is 0.311 e. The van der Waals surface area contributed by atoms with Gasteiger partial charge in [0.25, 0.3) is 0 Å². The van der Waals surface area contributed by atoms with E-state index in [1.54, 1.807) is 4.90 Å². The third kappa shape index (κ3) is 6.82. The fraction of sp³-hybridized carbons (Fsp3) is 0.900. The van der Waals surface area contributed by atoms with E-state index in [2.05, 4.69) is 12.2 Å². The average molecular weight is 337 g/mol. The lowest BCUT2D eigenvalue weighted by Gasteiger charge is -2.30. The molecule has 138 valence electrons. The van der Waals surface area contributed by atoms with Gasteiger partial charge in [-0.05, 0) is 31.6 Å². The third-order valence-electron chi connectivity index (χ3n) is 5.71. The predicted molar refractivity (Wildman–Crippen MR) is 97.7 cm³/mol. The second kappa shape index (κ2) is 10.7. The number of carbonyl (C=O) groups is 2. The minimum atomic E-state index is -0.373. The Balaban J connectivity index is 1.78. The largest absolute Gasteiger partial charge is 0.345 e. The molecular weight excluding hydrogens is 300 g/mol. The SMILES string of the molecule is CC1CCN(C(=O)C(=O)NC2CCCCCCCCCCC2)CC1. The molecule has 4 nitrogen and oxygen atoms in total. The third-order valence-corrected chi connectivity index (χ3v) is 5.71. The molecule has 2 amide bonds. The second-order valence-corrected chi connectivity index (χ2v) is 7.90. The molecule has 0 aromatic rings. The van der Waals surface area contributed by atoms with Crippen LogP contribution in [0.2, 0.25) is 0 Å². The molecule has 2 fully saturated rings. The first-order chi connectivity index (χ1) is 11.7. The summed E-state index contributed by atoms with van der Waals surface area (Å²) in [5.41, 5.74) is 0. The Labute approximate surface area is 147 Å². The van der Waals surface area contributed by atoms with Crippen LogP contribution in [0, 0.1) is 5.92 Å². The summed E-state index contributed by atoms with van der Waals surface area (Å²) in [7, 11) is 0. The Hall–Kier alpha value is -1.06. The number of carbonyl (C=O) groups excluding carboxylic acids is 2. The van der Waals surface area contributed by atoms with Crippen molar-refractivity contribution in [2.75, 3.05) is 13.1 Å². The fourth-order valence-electron chi connectivity index (χ4n) is 3.91. The van der Waals surface area contributed by atoms with E-state index < -0.39 is 0 Å². The number of rotatable bonds is 1. The van der Waals surface area contributed by atoms with Crippen LogP contribution in [0.1, 0.15) is 90.4 Å². The summed E-state index contributed by atoms with van der Waals surface area (Å²) >= 11 is 0. The van der Waals surface area contributed by atoms with Crippen molar-refractivity contribution in [1.29, 1.82) is 0 Å². The van der Waals surface area contributed by atoms with Gasteiger partial charge in [-0.2, -0.15) is 0 Å². The summed E-state index contributed by atoms with van der Waals surface area (Å²) < 4.78 is 0. The van der Waals surface area contributed by atoms with Crippen molar-refractivity contribution in [3.63, 3.8) is 0 Å². The number of amides is 2. The lowest BCUT2D eigenvalue weighted by atomic mass is 9.97. The summed E-state index contributed by atoms with van der Waals surface area (Å²) in [6.45, 7) is 3.68. The van der Waals surface area contributed by atoms with E-state index in [1.807, 2.05) is 0 Å². The highest BCUT2D eigenvalue weighted by atomic mass is 16.2. The molecular formula is C20H36N2O2. The first kappa shape index (κ1) is 19.3. The van der Waals surface area contributed by atoms with Crippen LogP contribution in [0.3, 0.4) is 0 Å². The molecule has 1 N–H and O–H groups in total. The van der Waals surface area contributed by atoms with Crippen molar-refractivity contribution in [2.24, 2.45) is 5.92 Å². The number of piperidine rings is 1. The van der Waals surface area contributed by atoms with E-state index in [0.29, 0.717) is 5.92 Å². The van der Waals surface area contributed by atoms with Gasteiger partial charge in [-0.15, -0.1) is 0 Å². The maximum absolute atomic E-state index is 12.4. The van der Waals surface area contributed by atoms with Gasteiger partial charge in [-0.3, -0.25) is 9.59 Å². The molecule has 24 heavy (non-hydrogen) atoms. The molecule has 0 aromatic heterocycles. The van der Waals surface area contributed by atoms with Gasteiger partial charge < -0.3 is 10.2 Å². The van der Waals surface area contributed by atoms with Crippen LogP contribution in [0.5, 0.6) is 0 Å². The van der Waals surface area contributed by atoms with Crippen LogP contribution in [0.25, 0.3) is 0 Å². The quantitative estimate of drug-likeness (QED) is 0.735. The number of nitrogens with one attached hydrogen (secondary N) is 1. The van der Waals surface area contributed by atoms with Gasteiger partial charge in [0.05, 0.1) is 0 Å². The normalized spacial score (nSPS) is 23.1. The topological polar surface area (TPSA) is 49.4 Å². The van der Waals surface area contributed by atoms with Gasteiger partial charge in [-0.1, -0.05) is 64.7 Å². The predicted octanol–water partition coefficient (Wildman–Crippen LogP) is 4.03. The highest BCUT2D eigenvalue weighted by Crippen LogP contribution is 2.18. The number of hydrogen-bond acceptors (Lipinski definition) is 2. The van der Waals surface area contributed by atoms with E-state index in [0.717, 1.165) is 38.8 Å². The monoisotopic (exact) mass is 336 g/mol. The van der Waals surface area contributed by atoms with Crippen LogP contribution < -0.4 is 5.32 Å². The van der Waals surface area contributed by atoms with Crippen LogP contribution in [0.4, 0.5) is 0 Å². The van der Waals surface area contributed by atoms with Crippen molar-refractivity contribution >= 4 is 11.8 Å². The fourth-order valence-corrected chi connectivity index (χ4v) is 3.91. The van der Waals surface area contributed by atoms with Crippen LogP contribution in [-0.2, 0) is 9.59 Å². The molecule has 0 radical (unpaired) electrons. The standard InChI is InChI=1S/C20H36N2O2/c1-17-13-15-22(16-14-17)20(24)19(23)21-18-11-9-7-5-3-2-4-6-8-10-12-18/h17-18H,2-16H2,1H3,(H,21,23). The van der Waals surface area contributed by atoms with Crippen molar-refractivity contribution in [3.8, 4) is 0 Å². The van der Waals surface area contributed by atoms with Crippen molar-refractivity contribution in [2.45, 2.75) is 96.4 Å². The minimum Gasteiger partial charge on any atom is -0.345 e. The highest BCUT2D eigenvalue weighted by molar-refractivity contribution is 6.35. The van der Waals surface area contributed by atoms with Gasteiger partial charge in [0.15, 0.2) is 0 Å². The Morgan fingerprint density at radius 1 is 0.750 bits per heavy atom. The maximum atomic E-state index is 12.4.